The number of rotatable bonds is 12. The van der Waals surface area contributed by atoms with Gasteiger partial charge in [0, 0.05) is 18.4 Å². The minimum atomic E-state index is -0.790. The summed E-state index contributed by atoms with van der Waals surface area (Å²) in [5, 5.41) is 27.8. The lowest BCUT2D eigenvalue weighted by Gasteiger charge is -2.07. The zero-order chi connectivity index (χ0) is 18.7. The number of carboxylic acids is 1. The van der Waals surface area contributed by atoms with Crippen LogP contribution in [0, 0.1) is 0 Å². The molecule has 0 heterocycles. The van der Waals surface area contributed by atoms with Crippen molar-refractivity contribution < 1.29 is 24.9 Å². The van der Waals surface area contributed by atoms with E-state index in [1.165, 1.54) is 0 Å². The highest BCUT2D eigenvalue weighted by Gasteiger charge is 2.20. The highest BCUT2D eigenvalue weighted by Crippen LogP contribution is 2.27. The average Bonchev–Trinajstić information content (AvgIpc) is 2.88. The number of aliphatic hydroxyl groups is 2. The first kappa shape index (κ1) is 21.3. The van der Waals surface area contributed by atoms with Gasteiger partial charge in [-0.25, -0.2) is 0 Å². The molecule has 140 valence electrons. The van der Waals surface area contributed by atoms with Crippen molar-refractivity contribution in [2.75, 3.05) is 0 Å². The molecule has 0 aromatic rings. The molecule has 0 spiro atoms. The van der Waals surface area contributed by atoms with Gasteiger partial charge in [-0.15, -0.1) is 0 Å². The first-order valence-electron chi connectivity index (χ1n) is 9.06. The summed E-state index contributed by atoms with van der Waals surface area (Å²) < 4.78 is 0. The molecule has 1 rings (SSSR count). The summed E-state index contributed by atoms with van der Waals surface area (Å²) in [5.41, 5.74) is 1.77. The summed E-state index contributed by atoms with van der Waals surface area (Å²) >= 11 is 0. The molecule has 0 aromatic carbocycles. The van der Waals surface area contributed by atoms with E-state index in [0.717, 1.165) is 17.6 Å². The number of ketones is 1. The van der Waals surface area contributed by atoms with Crippen molar-refractivity contribution in [1.82, 2.24) is 0 Å². The Morgan fingerprint density at radius 3 is 2.60 bits per heavy atom. The smallest absolute Gasteiger partial charge is 0.303 e. The quantitative estimate of drug-likeness (QED) is 0.371. The molecule has 1 aliphatic rings. The Morgan fingerprint density at radius 2 is 1.92 bits per heavy atom. The van der Waals surface area contributed by atoms with Crippen LogP contribution in [-0.2, 0) is 9.59 Å². The van der Waals surface area contributed by atoms with Gasteiger partial charge in [-0.05, 0) is 57.4 Å². The lowest BCUT2D eigenvalue weighted by molar-refractivity contribution is -0.137. The van der Waals surface area contributed by atoms with E-state index in [1.807, 2.05) is 18.2 Å². The van der Waals surface area contributed by atoms with Crippen LogP contribution < -0.4 is 0 Å². The fourth-order valence-corrected chi connectivity index (χ4v) is 2.79. The van der Waals surface area contributed by atoms with Gasteiger partial charge >= 0.3 is 5.97 Å². The minimum absolute atomic E-state index is 0.151. The standard InChI is InChI=1S/C20H30O5/c1-15(21)7-6-8-17(22)13-11-16-12-14-19(23)18(16)9-4-2-3-5-10-20(24)25/h2,4,11,13,15,17,21-22H,3,5-10,12,14H2,1H3,(H,24,25)/t15?,17-/m0/s1. The minimum Gasteiger partial charge on any atom is -0.481 e. The highest BCUT2D eigenvalue weighted by atomic mass is 16.4. The number of Topliss-reactive ketones (excluding diaryl/α,β-unsaturated/α-hetero) is 1. The third kappa shape index (κ3) is 9.37. The molecule has 1 unspecified atom stereocenters. The number of hydrogen-bond donors (Lipinski definition) is 3. The predicted molar refractivity (Wildman–Crippen MR) is 97.2 cm³/mol. The highest BCUT2D eigenvalue weighted by molar-refractivity contribution is 5.99. The zero-order valence-corrected chi connectivity index (χ0v) is 15.0. The molecule has 25 heavy (non-hydrogen) atoms. The van der Waals surface area contributed by atoms with Gasteiger partial charge in [-0.3, -0.25) is 9.59 Å². The molecular weight excluding hydrogens is 320 g/mol. The van der Waals surface area contributed by atoms with E-state index in [0.29, 0.717) is 44.9 Å². The van der Waals surface area contributed by atoms with Gasteiger partial charge in [0.1, 0.15) is 0 Å². The number of allylic oxidation sites excluding steroid dienone is 5. The predicted octanol–water partition coefficient (Wildman–Crippen LogP) is 3.32. The molecule has 0 radical (unpaired) electrons. The molecule has 0 amide bonds. The Bertz CT molecular complexity index is 528. The van der Waals surface area contributed by atoms with Gasteiger partial charge in [-0.2, -0.15) is 0 Å². The molecule has 5 nitrogen and oxygen atoms in total. The maximum atomic E-state index is 12.0. The molecule has 0 aromatic heterocycles. The second-order valence-electron chi connectivity index (χ2n) is 6.59. The largest absolute Gasteiger partial charge is 0.481 e. The first-order valence-corrected chi connectivity index (χ1v) is 9.06. The molecule has 0 aliphatic heterocycles. The van der Waals surface area contributed by atoms with Gasteiger partial charge in [0.15, 0.2) is 5.78 Å². The molecule has 0 saturated heterocycles. The molecular formula is C20H30O5. The van der Waals surface area contributed by atoms with Crippen molar-refractivity contribution in [3.63, 3.8) is 0 Å². The molecule has 0 bridgehead atoms. The molecule has 2 atom stereocenters. The summed E-state index contributed by atoms with van der Waals surface area (Å²) in [6.07, 6.45) is 11.8. The van der Waals surface area contributed by atoms with Crippen LogP contribution in [0.3, 0.4) is 0 Å². The Hall–Kier alpha value is -1.72. The third-order valence-electron chi connectivity index (χ3n) is 4.24. The van der Waals surface area contributed by atoms with E-state index in [1.54, 1.807) is 13.0 Å². The summed E-state index contributed by atoms with van der Waals surface area (Å²) in [7, 11) is 0. The lowest BCUT2D eigenvalue weighted by atomic mass is 10.0. The van der Waals surface area contributed by atoms with Crippen LogP contribution >= 0.6 is 0 Å². The van der Waals surface area contributed by atoms with E-state index >= 15 is 0 Å². The van der Waals surface area contributed by atoms with Crippen molar-refractivity contribution in [3.05, 3.63) is 35.5 Å². The van der Waals surface area contributed by atoms with Crippen LogP contribution in [0.25, 0.3) is 0 Å². The van der Waals surface area contributed by atoms with Crippen molar-refractivity contribution >= 4 is 11.8 Å². The van der Waals surface area contributed by atoms with Gasteiger partial charge in [-0.1, -0.05) is 24.3 Å². The Labute approximate surface area is 149 Å². The summed E-state index contributed by atoms with van der Waals surface area (Å²) in [6.45, 7) is 1.73. The SMILES string of the molecule is CC(O)CCC[C@H](O)C=CC1=C(CC=CCCCC(=O)O)C(=O)CC1. The summed E-state index contributed by atoms with van der Waals surface area (Å²) in [4.78, 5) is 22.4. The van der Waals surface area contributed by atoms with E-state index < -0.39 is 12.1 Å². The molecule has 1 aliphatic carbocycles. The van der Waals surface area contributed by atoms with Crippen LogP contribution in [-0.4, -0.2) is 39.3 Å². The number of aliphatic hydroxyl groups excluding tert-OH is 2. The summed E-state index contributed by atoms with van der Waals surface area (Å²) in [5.74, 6) is -0.639. The van der Waals surface area contributed by atoms with Crippen LogP contribution in [0.15, 0.2) is 35.5 Å². The van der Waals surface area contributed by atoms with Gasteiger partial charge < -0.3 is 15.3 Å². The fraction of sp³-hybridized carbons (Fsp3) is 0.600. The topological polar surface area (TPSA) is 94.8 Å². The van der Waals surface area contributed by atoms with Gasteiger partial charge in [0.2, 0.25) is 0 Å². The summed E-state index contributed by atoms with van der Waals surface area (Å²) in [6, 6.07) is 0. The maximum absolute atomic E-state index is 12.0. The van der Waals surface area contributed by atoms with Crippen molar-refractivity contribution in [2.24, 2.45) is 0 Å². The molecule has 0 fully saturated rings. The van der Waals surface area contributed by atoms with Crippen LogP contribution in [0.1, 0.15) is 64.7 Å². The fourth-order valence-electron chi connectivity index (χ4n) is 2.79. The molecule has 5 heteroatoms. The number of unbranched alkanes of at least 4 members (excludes halogenated alkanes) is 1. The second kappa shape index (κ2) is 11.8. The van der Waals surface area contributed by atoms with Crippen molar-refractivity contribution in [3.8, 4) is 0 Å². The van der Waals surface area contributed by atoms with Crippen molar-refractivity contribution in [1.29, 1.82) is 0 Å². The second-order valence-corrected chi connectivity index (χ2v) is 6.59. The van der Waals surface area contributed by atoms with Gasteiger partial charge in [0.05, 0.1) is 12.2 Å². The molecule has 3 N–H and O–H groups in total. The lowest BCUT2D eigenvalue weighted by Crippen LogP contribution is -2.05. The number of carbonyl (C=O) groups is 2. The van der Waals surface area contributed by atoms with Crippen LogP contribution in [0.5, 0.6) is 0 Å². The van der Waals surface area contributed by atoms with E-state index in [9.17, 15) is 19.8 Å². The Morgan fingerprint density at radius 1 is 1.16 bits per heavy atom. The Kier molecular flexibility index (Phi) is 10.0. The van der Waals surface area contributed by atoms with E-state index in [-0.39, 0.29) is 18.3 Å². The molecule has 0 saturated carbocycles. The zero-order valence-electron chi connectivity index (χ0n) is 15.0. The van der Waals surface area contributed by atoms with E-state index in [2.05, 4.69) is 0 Å². The van der Waals surface area contributed by atoms with Gasteiger partial charge in [0.25, 0.3) is 0 Å². The van der Waals surface area contributed by atoms with Crippen LogP contribution in [0.2, 0.25) is 0 Å². The normalized spacial score (nSPS) is 17.8. The number of carbonyl (C=O) groups excluding carboxylic acids is 1. The third-order valence-corrected chi connectivity index (χ3v) is 4.24. The number of aliphatic carboxylic acids is 1. The first-order chi connectivity index (χ1) is 11.9. The monoisotopic (exact) mass is 350 g/mol. The average molecular weight is 350 g/mol. The Balaban J connectivity index is 2.48. The van der Waals surface area contributed by atoms with Crippen molar-refractivity contribution in [2.45, 2.75) is 76.9 Å². The number of carboxylic acid groups (broad SMARTS) is 1. The van der Waals surface area contributed by atoms with Crippen LogP contribution in [0.4, 0.5) is 0 Å². The maximum Gasteiger partial charge on any atom is 0.303 e. The van der Waals surface area contributed by atoms with E-state index in [4.69, 9.17) is 5.11 Å². The number of hydrogen-bond acceptors (Lipinski definition) is 4.